The molecule has 3 aromatic rings. The zero-order valence-corrected chi connectivity index (χ0v) is 14.8. The topological polar surface area (TPSA) is 92.1 Å². The molecule has 0 aromatic carbocycles. The van der Waals surface area contributed by atoms with Crippen molar-refractivity contribution in [1.29, 1.82) is 0 Å². The number of nitrogens with one attached hydrogen (secondary N) is 1. The van der Waals surface area contributed by atoms with E-state index in [1.165, 1.54) is 0 Å². The number of carbonyl (C=O) groups excluding carboxylic acids is 1. The zero-order chi connectivity index (χ0) is 18.3. The molecule has 7 heteroatoms. The molecule has 26 heavy (non-hydrogen) atoms. The van der Waals surface area contributed by atoms with Gasteiger partial charge >= 0.3 is 0 Å². The third-order valence-corrected chi connectivity index (χ3v) is 5.03. The van der Waals surface area contributed by atoms with Crippen LogP contribution in [-0.2, 0) is 6.42 Å². The van der Waals surface area contributed by atoms with Crippen LogP contribution in [0.4, 0.5) is 0 Å². The Hall–Kier alpha value is -2.96. The largest absolute Gasteiger partial charge is 0.361 e. The van der Waals surface area contributed by atoms with Crippen LogP contribution < -0.4 is 5.56 Å². The van der Waals surface area contributed by atoms with Gasteiger partial charge in [-0.15, -0.1) is 0 Å². The molecule has 0 unspecified atom stereocenters. The minimum atomic E-state index is -0.140. The van der Waals surface area contributed by atoms with E-state index in [0.717, 1.165) is 12.1 Å². The summed E-state index contributed by atoms with van der Waals surface area (Å²) in [5.74, 6) is 0.589. The van der Waals surface area contributed by atoms with Crippen molar-refractivity contribution >= 4 is 16.8 Å². The number of likely N-dealkylation sites (tertiary alicyclic amines) is 1. The number of pyridine rings is 2. The van der Waals surface area contributed by atoms with E-state index in [-0.39, 0.29) is 17.4 Å². The van der Waals surface area contributed by atoms with Crippen LogP contribution in [0.1, 0.15) is 46.8 Å². The molecule has 1 atom stereocenters. The Morgan fingerprint density at radius 3 is 3.12 bits per heavy atom. The highest BCUT2D eigenvalue weighted by Gasteiger charge is 2.32. The van der Waals surface area contributed by atoms with E-state index in [4.69, 9.17) is 4.52 Å². The molecule has 1 aliphatic rings. The summed E-state index contributed by atoms with van der Waals surface area (Å²) in [6.45, 7) is 4.91. The monoisotopic (exact) mass is 352 g/mol. The highest BCUT2D eigenvalue weighted by atomic mass is 16.5. The second-order valence-corrected chi connectivity index (χ2v) is 6.64. The van der Waals surface area contributed by atoms with Gasteiger partial charge in [-0.3, -0.25) is 14.6 Å². The van der Waals surface area contributed by atoms with Crippen molar-refractivity contribution < 1.29 is 9.32 Å². The van der Waals surface area contributed by atoms with Crippen molar-refractivity contribution in [3.8, 4) is 0 Å². The Morgan fingerprint density at radius 1 is 1.46 bits per heavy atom. The van der Waals surface area contributed by atoms with Crippen LogP contribution in [0.2, 0.25) is 0 Å². The minimum absolute atomic E-state index is 0.0515. The van der Waals surface area contributed by atoms with Crippen molar-refractivity contribution in [2.75, 3.05) is 13.1 Å². The van der Waals surface area contributed by atoms with E-state index in [1.54, 1.807) is 25.3 Å². The van der Waals surface area contributed by atoms with Gasteiger partial charge in [-0.25, -0.2) is 0 Å². The highest BCUT2D eigenvalue weighted by Crippen LogP contribution is 2.28. The summed E-state index contributed by atoms with van der Waals surface area (Å²) in [4.78, 5) is 34.2. The molecule has 0 saturated carbocycles. The molecule has 3 aromatic heterocycles. The summed E-state index contributed by atoms with van der Waals surface area (Å²) < 4.78 is 5.19. The van der Waals surface area contributed by atoms with Crippen LogP contribution >= 0.6 is 0 Å². The number of aryl methyl sites for hydroxylation is 2. The maximum absolute atomic E-state index is 12.9. The zero-order valence-electron chi connectivity index (χ0n) is 14.8. The molecule has 1 saturated heterocycles. The Bertz CT molecular complexity index is 1040. The second-order valence-electron chi connectivity index (χ2n) is 6.64. The lowest BCUT2D eigenvalue weighted by molar-refractivity contribution is 0.0788. The molecule has 1 aliphatic heterocycles. The summed E-state index contributed by atoms with van der Waals surface area (Å²) in [5.41, 5.74) is 2.63. The molecule has 0 bridgehead atoms. The molecule has 4 heterocycles. The van der Waals surface area contributed by atoms with E-state index in [0.29, 0.717) is 47.4 Å². The first-order chi connectivity index (χ1) is 12.6. The Kier molecular flexibility index (Phi) is 4.06. The first kappa shape index (κ1) is 16.5. The maximum atomic E-state index is 12.9. The van der Waals surface area contributed by atoms with Crippen LogP contribution in [0.15, 0.2) is 33.7 Å². The molecule has 1 fully saturated rings. The number of aromatic amines is 1. The summed E-state index contributed by atoms with van der Waals surface area (Å²) in [7, 11) is 0. The summed E-state index contributed by atoms with van der Waals surface area (Å²) >= 11 is 0. The fourth-order valence-corrected chi connectivity index (χ4v) is 3.62. The molecular weight excluding hydrogens is 332 g/mol. The number of H-pyrrole nitrogens is 1. The van der Waals surface area contributed by atoms with Gasteiger partial charge in [-0.2, -0.15) is 0 Å². The normalized spacial score (nSPS) is 17.2. The van der Waals surface area contributed by atoms with Gasteiger partial charge in [0.15, 0.2) is 0 Å². The van der Waals surface area contributed by atoms with E-state index < -0.39 is 0 Å². The molecular formula is C19H20N4O3. The van der Waals surface area contributed by atoms with E-state index in [9.17, 15) is 9.59 Å². The fourth-order valence-electron chi connectivity index (χ4n) is 3.62. The first-order valence-electron chi connectivity index (χ1n) is 8.80. The van der Waals surface area contributed by atoms with Crippen molar-refractivity contribution in [3.63, 3.8) is 0 Å². The third-order valence-electron chi connectivity index (χ3n) is 5.03. The second kappa shape index (κ2) is 6.40. The standard InChI is InChI=1S/C19H20N4O3/c1-3-14-17(11(2)26-22-14)19(25)23-8-6-12(10-23)15-9-16-13(18(24)21-15)5-4-7-20-16/h4-5,7,9,12H,3,6,8,10H2,1-2H3,(H,21,24)/t12-/m1/s1. The van der Waals surface area contributed by atoms with Crippen LogP contribution in [0.5, 0.6) is 0 Å². The van der Waals surface area contributed by atoms with Gasteiger partial charge in [0.1, 0.15) is 11.3 Å². The van der Waals surface area contributed by atoms with Crippen LogP contribution in [0.25, 0.3) is 10.9 Å². The fraction of sp³-hybridized carbons (Fsp3) is 0.368. The van der Waals surface area contributed by atoms with Gasteiger partial charge in [0.25, 0.3) is 11.5 Å². The molecule has 4 rings (SSSR count). The number of hydrogen-bond donors (Lipinski definition) is 1. The SMILES string of the molecule is CCc1noc(C)c1C(=O)N1CC[C@@H](c2cc3ncccc3c(=O)[nH]2)C1. The average Bonchev–Trinajstić information content (AvgIpc) is 3.28. The molecule has 0 radical (unpaired) electrons. The van der Waals surface area contributed by atoms with Crippen LogP contribution in [0.3, 0.4) is 0 Å². The molecule has 0 aliphatic carbocycles. The number of aromatic nitrogens is 3. The van der Waals surface area contributed by atoms with Gasteiger partial charge in [0, 0.05) is 30.9 Å². The number of nitrogens with zero attached hydrogens (tertiary/aromatic N) is 3. The van der Waals surface area contributed by atoms with Crippen molar-refractivity contribution in [1.82, 2.24) is 20.0 Å². The Morgan fingerprint density at radius 2 is 2.31 bits per heavy atom. The van der Waals surface area contributed by atoms with Gasteiger partial charge < -0.3 is 14.4 Å². The van der Waals surface area contributed by atoms with E-state index >= 15 is 0 Å². The quantitative estimate of drug-likeness (QED) is 0.781. The van der Waals surface area contributed by atoms with Crippen LogP contribution in [0, 0.1) is 6.92 Å². The lowest BCUT2D eigenvalue weighted by Crippen LogP contribution is -2.29. The summed E-state index contributed by atoms with van der Waals surface area (Å²) in [5, 5.41) is 4.55. The Labute approximate surface area is 150 Å². The number of hydrogen-bond acceptors (Lipinski definition) is 5. The molecule has 1 N–H and O–H groups in total. The smallest absolute Gasteiger partial charge is 0.259 e. The lowest BCUT2D eigenvalue weighted by Gasteiger charge is -2.16. The molecule has 134 valence electrons. The third kappa shape index (κ3) is 2.69. The number of rotatable bonds is 3. The minimum Gasteiger partial charge on any atom is -0.361 e. The van der Waals surface area contributed by atoms with Crippen molar-refractivity contribution in [3.05, 3.63) is 57.5 Å². The first-order valence-corrected chi connectivity index (χ1v) is 8.80. The summed E-state index contributed by atoms with van der Waals surface area (Å²) in [6.07, 6.45) is 3.13. The highest BCUT2D eigenvalue weighted by molar-refractivity contribution is 5.96. The molecule has 7 nitrogen and oxygen atoms in total. The predicted octanol–water partition coefficient (Wildman–Crippen LogP) is 2.41. The number of carbonyl (C=O) groups is 1. The van der Waals surface area contributed by atoms with Crippen molar-refractivity contribution in [2.45, 2.75) is 32.6 Å². The van der Waals surface area contributed by atoms with Gasteiger partial charge in [-0.05, 0) is 38.0 Å². The average molecular weight is 352 g/mol. The van der Waals surface area contributed by atoms with Crippen molar-refractivity contribution in [2.24, 2.45) is 0 Å². The molecule has 0 spiro atoms. The van der Waals surface area contributed by atoms with E-state index in [1.807, 2.05) is 17.9 Å². The summed E-state index contributed by atoms with van der Waals surface area (Å²) in [6, 6.07) is 5.42. The molecule has 1 amide bonds. The number of amides is 1. The van der Waals surface area contributed by atoms with Gasteiger partial charge in [0.05, 0.1) is 16.6 Å². The van der Waals surface area contributed by atoms with Crippen LogP contribution in [-0.4, -0.2) is 39.0 Å². The van der Waals surface area contributed by atoms with E-state index in [2.05, 4.69) is 15.1 Å². The maximum Gasteiger partial charge on any atom is 0.259 e. The van der Waals surface area contributed by atoms with Gasteiger partial charge in [-0.1, -0.05) is 12.1 Å². The Balaban J connectivity index is 1.60. The lowest BCUT2D eigenvalue weighted by atomic mass is 10.0. The number of fused-ring (bicyclic) bond motifs is 1. The van der Waals surface area contributed by atoms with Gasteiger partial charge in [0.2, 0.25) is 0 Å². The predicted molar refractivity (Wildman–Crippen MR) is 96.2 cm³/mol.